The molecule has 0 aliphatic heterocycles. The molecule has 8 saturated carbocycles. The minimum Gasteiger partial charge on any atom is -0.484 e. The van der Waals surface area contributed by atoms with Gasteiger partial charge in [0.25, 0.3) is 5.91 Å². The van der Waals surface area contributed by atoms with E-state index in [1.165, 1.54) is 82.6 Å². The number of ether oxygens (including phenoxy) is 1. The van der Waals surface area contributed by atoms with E-state index in [0.717, 1.165) is 41.3 Å². The van der Waals surface area contributed by atoms with E-state index in [-0.39, 0.29) is 18.1 Å². The molecule has 31 heavy (non-hydrogen) atoms. The van der Waals surface area contributed by atoms with Gasteiger partial charge in [-0.3, -0.25) is 4.79 Å². The summed E-state index contributed by atoms with van der Waals surface area (Å²) in [6, 6.07) is 8.84. The molecule has 1 aromatic carbocycles. The Labute approximate surface area is 186 Å². The highest BCUT2D eigenvalue weighted by molar-refractivity contribution is 5.78. The van der Waals surface area contributed by atoms with Crippen LogP contribution < -0.4 is 10.1 Å². The fourth-order valence-corrected chi connectivity index (χ4v) is 10.1. The summed E-state index contributed by atoms with van der Waals surface area (Å²) in [4.78, 5) is 12.8. The summed E-state index contributed by atoms with van der Waals surface area (Å²) in [6.45, 7) is 0.151. The van der Waals surface area contributed by atoms with E-state index in [1.54, 1.807) is 0 Å². The van der Waals surface area contributed by atoms with Crippen molar-refractivity contribution in [3.8, 4) is 5.75 Å². The summed E-state index contributed by atoms with van der Waals surface area (Å²) in [5.74, 6) is 6.38. The van der Waals surface area contributed by atoms with Crippen LogP contribution in [0.1, 0.15) is 82.6 Å². The summed E-state index contributed by atoms with van der Waals surface area (Å²) >= 11 is 0. The van der Waals surface area contributed by atoms with Crippen molar-refractivity contribution in [2.75, 3.05) is 6.61 Å². The van der Waals surface area contributed by atoms with Crippen molar-refractivity contribution in [3.05, 3.63) is 29.8 Å². The standard InChI is InChI=1S/C28H37NO2/c30-26(29-28-14-21-8-22(15-28)10-23(9-21)16-28)17-31-25-3-1-24(2-4-25)27-11-18-5-19(12-27)7-20(6-18)13-27/h1-4,18-23H,5-17H2,(H,29,30). The number of hydrogen-bond donors (Lipinski definition) is 1. The second-order valence-electron chi connectivity index (χ2n) is 12.8. The molecule has 1 amide bonds. The summed E-state index contributed by atoms with van der Waals surface area (Å²) in [5, 5.41) is 3.43. The highest BCUT2D eigenvalue weighted by atomic mass is 16.5. The molecule has 0 aromatic heterocycles. The Morgan fingerprint density at radius 2 is 1.19 bits per heavy atom. The lowest BCUT2D eigenvalue weighted by atomic mass is 9.48. The van der Waals surface area contributed by atoms with Crippen molar-refractivity contribution in [1.82, 2.24) is 5.32 Å². The Morgan fingerprint density at radius 1 is 0.742 bits per heavy atom. The van der Waals surface area contributed by atoms with Crippen molar-refractivity contribution < 1.29 is 9.53 Å². The first-order valence-corrected chi connectivity index (χ1v) is 13.1. The van der Waals surface area contributed by atoms with E-state index in [9.17, 15) is 4.79 Å². The van der Waals surface area contributed by atoms with Crippen LogP contribution in [0, 0.1) is 35.5 Å². The predicted molar refractivity (Wildman–Crippen MR) is 121 cm³/mol. The number of benzene rings is 1. The molecule has 8 aliphatic rings. The van der Waals surface area contributed by atoms with Gasteiger partial charge in [-0.15, -0.1) is 0 Å². The van der Waals surface area contributed by atoms with Crippen LogP contribution in [0.4, 0.5) is 0 Å². The van der Waals surface area contributed by atoms with Gasteiger partial charge >= 0.3 is 0 Å². The van der Waals surface area contributed by atoms with Gasteiger partial charge in [0.15, 0.2) is 6.61 Å². The van der Waals surface area contributed by atoms with E-state index < -0.39 is 0 Å². The third kappa shape index (κ3) is 3.25. The van der Waals surface area contributed by atoms with E-state index in [1.807, 2.05) is 0 Å². The Kier molecular flexibility index (Phi) is 4.14. The van der Waals surface area contributed by atoms with Crippen LogP contribution in [0.25, 0.3) is 0 Å². The molecule has 0 spiro atoms. The smallest absolute Gasteiger partial charge is 0.258 e. The van der Waals surface area contributed by atoms with E-state index in [2.05, 4.69) is 29.6 Å². The minimum atomic E-state index is 0.0760. The van der Waals surface area contributed by atoms with Gasteiger partial charge in [0, 0.05) is 5.54 Å². The van der Waals surface area contributed by atoms with Gasteiger partial charge in [-0.05, 0) is 136 Å². The Hall–Kier alpha value is -1.51. The summed E-state index contributed by atoms with van der Waals surface area (Å²) in [7, 11) is 0. The van der Waals surface area contributed by atoms with Crippen LogP contribution in [0.5, 0.6) is 5.75 Å². The minimum absolute atomic E-state index is 0.0760. The van der Waals surface area contributed by atoms with E-state index in [4.69, 9.17) is 4.74 Å². The van der Waals surface area contributed by atoms with Gasteiger partial charge in [-0.1, -0.05) is 12.1 Å². The molecule has 9 rings (SSSR count). The van der Waals surface area contributed by atoms with Crippen molar-refractivity contribution in [2.45, 2.75) is 88.0 Å². The monoisotopic (exact) mass is 419 g/mol. The Balaban J connectivity index is 0.985. The van der Waals surface area contributed by atoms with Gasteiger partial charge in [0.05, 0.1) is 0 Å². The quantitative estimate of drug-likeness (QED) is 0.673. The van der Waals surface area contributed by atoms with Crippen LogP contribution in [-0.2, 0) is 10.2 Å². The van der Waals surface area contributed by atoms with Crippen molar-refractivity contribution in [2.24, 2.45) is 35.5 Å². The fourth-order valence-electron chi connectivity index (χ4n) is 10.1. The first-order valence-electron chi connectivity index (χ1n) is 13.1. The molecule has 1 N–H and O–H groups in total. The zero-order valence-electron chi connectivity index (χ0n) is 18.8. The second-order valence-corrected chi connectivity index (χ2v) is 12.8. The summed E-state index contributed by atoms with van der Waals surface area (Å²) < 4.78 is 5.94. The molecule has 3 nitrogen and oxygen atoms in total. The zero-order valence-corrected chi connectivity index (χ0v) is 18.8. The van der Waals surface area contributed by atoms with Crippen LogP contribution in [0.3, 0.4) is 0 Å². The number of carbonyl (C=O) groups excluding carboxylic acids is 1. The molecule has 0 radical (unpaired) electrons. The molecule has 0 unspecified atom stereocenters. The largest absolute Gasteiger partial charge is 0.484 e. The molecule has 0 saturated heterocycles. The summed E-state index contributed by atoms with van der Waals surface area (Å²) in [6.07, 6.45) is 16.5. The van der Waals surface area contributed by atoms with Crippen LogP contribution in [-0.4, -0.2) is 18.1 Å². The van der Waals surface area contributed by atoms with Gasteiger partial charge < -0.3 is 10.1 Å². The maximum atomic E-state index is 12.8. The topological polar surface area (TPSA) is 38.3 Å². The van der Waals surface area contributed by atoms with Gasteiger partial charge in [0.2, 0.25) is 0 Å². The number of hydrogen-bond acceptors (Lipinski definition) is 2. The normalized spacial score (nSPS) is 46.3. The molecule has 0 atom stereocenters. The number of amides is 1. The first kappa shape index (κ1) is 19.0. The van der Waals surface area contributed by atoms with Crippen molar-refractivity contribution in [1.29, 1.82) is 0 Å². The molecule has 3 heteroatoms. The Morgan fingerprint density at radius 3 is 1.68 bits per heavy atom. The maximum Gasteiger partial charge on any atom is 0.258 e. The fraction of sp³-hybridized carbons (Fsp3) is 0.750. The predicted octanol–water partition coefficient (Wildman–Crippen LogP) is 5.62. The average molecular weight is 420 g/mol. The second kappa shape index (κ2) is 6.75. The first-order chi connectivity index (χ1) is 15.0. The Bertz CT molecular complexity index is 801. The molecule has 0 heterocycles. The van der Waals surface area contributed by atoms with Crippen LogP contribution in [0.2, 0.25) is 0 Å². The molecule has 1 aromatic rings. The number of carbonyl (C=O) groups is 1. The van der Waals surface area contributed by atoms with Crippen molar-refractivity contribution >= 4 is 5.91 Å². The lowest BCUT2D eigenvalue weighted by Gasteiger charge is -2.57. The van der Waals surface area contributed by atoms with Crippen LogP contribution in [0.15, 0.2) is 24.3 Å². The number of rotatable bonds is 5. The summed E-state index contributed by atoms with van der Waals surface area (Å²) in [5.41, 5.74) is 2.04. The maximum absolute atomic E-state index is 12.8. The SMILES string of the molecule is O=C(COc1ccc(C23CC4CC(CC(C4)C2)C3)cc1)NC12CC3CC(CC(C3)C1)C2. The molecular weight excluding hydrogens is 382 g/mol. The van der Waals surface area contributed by atoms with Gasteiger partial charge in [-0.2, -0.15) is 0 Å². The van der Waals surface area contributed by atoms with Gasteiger partial charge in [0.1, 0.15) is 5.75 Å². The molecular formula is C28H37NO2. The highest BCUT2D eigenvalue weighted by Gasteiger charge is 2.52. The van der Waals surface area contributed by atoms with E-state index >= 15 is 0 Å². The van der Waals surface area contributed by atoms with Gasteiger partial charge in [-0.25, -0.2) is 0 Å². The van der Waals surface area contributed by atoms with Crippen LogP contribution >= 0.6 is 0 Å². The third-order valence-corrected chi connectivity index (χ3v) is 10.3. The molecule has 8 aliphatic carbocycles. The lowest BCUT2D eigenvalue weighted by molar-refractivity contribution is -0.128. The molecule has 8 bridgehead atoms. The molecule has 166 valence electrons. The third-order valence-electron chi connectivity index (χ3n) is 10.3. The lowest BCUT2D eigenvalue weighted by Crippen LogP contribution is -2.60. The zero-order chi connectivity index (χ0) is 20.6. The average Bonchev–Trinajstić information content (AvgIpc) is 2.70. The van der Waals surface area contributed by atoms with Crippen molar-refractivity contribution in [3.63, 3.8) is 0 Å². The van der Waals surface area contributed by atoms with E-state index in [0.29, 0.717) is 5.41 Å². The molecule has 8 fully saturated rings. The highest BCUT2D eigenvalue weighted by Crippen LogP contribution is 2.61. The number of nitrogens with one attached hydrogen (secondary N) is 1.